The van der Waals surface area contributed by atoms with E-state index in [0.29, 0.717) is 23.8 Å². The van der Waals surface area contributed by atoms with Gasteiger partial charge in [0.25, 0.3) is 5.56 Å². The summed E-state index contributed by atoms with van der Waals surface area (Å²) in [6.45, 7) is 8.12. The summed E-state index contributed by atoms with van der Waals surface area (Å²) in [6.07, 6.45) is 11.7. The lowest BCUT2D eigenvalue weighted by Gasteiger charge is -2.16. The maximum absolute atomic E-state index is 12.9. The first-order valence-electron chi connectivity index (χ1n) is 12.2. The molecule has 1 fully saturated rings. The quantitative estimate of drug-likeness (QED) is 0.406. The van der Waals surface area contributed by atoms with Gasteiger partial charge in [0, 0.05) is 37.5 Å². The van der Waals surface area contributed by atoms with Crippen LogP contribution in [-0.4, -0.2) is 26.4 Å². The third-order valence-corrected chi connectivity index (χ3v) is 6.17. The van der Waals surface area contributed by atoms with Gasteiger partial charge in [0.2, 0.25) is 11.7 Å². The molecule has 0 saturated carbocycles. The molecule has 2 aromatic heterocycles. The van der Waals surface area contributed by atoms with Gasteiger partial charge in [0.05, 0.1) is 11.4 Å². The second-order valence-electron chi connectivity index (χ2n) is 9.29. The Hall–Kier alpha value is -3.15. The standard InChI is InChI=1S/C27H34N4O2/c1-4-5-6-16-30-24(21-12-14-23(15-13-21)29-17-8-11-25(29)32)19-31-26(33)18-22(28-27(30)31)10-7-9-20(2)3/h7,10,12-15,18-20H,4-6,8-9,11,16-17H2,1-3H3/b10-7+. The number of hydrogen-bond acceptors (Lipinski definition) is 3. The largest absolute Gasteiger partial charge is 0.312 e. The smallest absolute Gasteiger partial charge is 0.259 e. The molecular formula is C27H34N4O2. The molecule has 6 nitrogen and oxygen atoms in total. The molecule has 4 rings (SSSR count). The van der Waals surface area contributed by atoms with Crippen molar-refractivity contribution in [2.24, 2.45) is 5.92 Å². The van der Waals surface area contributed by atoms with Crippen molar-refractivity contribution >= 4 is 23.4 Å². The number of nitrogens with zero attached hydrogens (tertiary/aromatic N) is 4. The van der Waals surface area contributed by atoms with Crippen molar-refractivity contribution in [1.82, 2.24) is 14.0 Å². The molecule has 0 atom stereocenters. The Bertz CT molecular complexity index is 1200. The van der Waals surface area contributed by atoms with Crippen LogP contribution in [0, 0.1) is 5.92 Å². The van der Waals surface area contributed by atoms with Crippen LogP contribution in [0.1, 0.15) is 65.0 Å². The number of rotatable bonds is 9. The summed E-state index contributed by atoms with van der Waals surface area (Å²) < 4.78 is 3.81. The van der Waals surface area contributed by atoms with E-state index in [0.717, 1.165) is 62.1 Å². The average Bonchev–Trinajstić information content (AvgIpc) is 3.38. The first kappa shape index (κ1) is 23.0. The van der Waals surface area contributed by atoms with Crippen molar-refractivity contribution in [3.05, 3.63) is 58.7 Å². The van der Waals surface area contributed by atoms with Gasteiger partial charge in [-0.3, -0.25) is 14.0 Å². The van der Waals surface area contributed by atoms with Crippen molar-refractivity contribution in [2.45, 2.75) is 65.8 Å². The number of carbonyl (C=O) groups is 1. The van der Waals surface area contributed by atoms with Gasteiger partial charge in [-0.25, -0.2) is 4.98 Å². The third kappa shape index (κ3) is 5.10. The molecule has 1 saturated heterocycles. The van der Waals surface area contributed by atoms with Crippen LogP contribution < -0.4 is 10.5 Å². The van der Waals surface area contributed by atoms with E-state index in [9.17, 15) is 9.59 Å². The average molecular weight is 447 g/mol. The van der Waals surface area contributed by atoms with Crippen molar-refractivity contribution in [1.29, 1.82) is 0 Å². The third-order valence-electron chi connectivity index (χ3n) is 6.17. The predicted octanol–water partition coefficient (Wildman–Crippen LogP) is 5.54. The summed E-state index contributed by atoms with van der Waals surface area (Å²) >= 11 is 0. The van der Waals surface area contributed by atoms with Crippen LogP contribution in [-0.2, 0) is 11.3 Å². The molecule has 1 aliphatic rings. The predicted molar refractivity (Wildman–Crippen MR) is 134 cm³/mol. The van der Waals surface area contributed by atoms with E-state index in [-0.39, 0.29) is 11.5 Å². The molecule has 1 aliphatic heterocycles. The topological polar surface area (TPSA) is 59.6 Å². The van der Waals surface area contributed by atoms with Crippen LogP contribution in [0.25, 0.3) is 23.1 Å². The van der Waals surface area contributed by atoms with Gasteiger partial charge in [0.1, 0.15) is 0 Å². The molecule has 0 radical (unpaired) electrons. The van der Waals surface area contributed by atoms with E-state index < -0.39 is 0 Å². The van der Waals surface area contributed by atoms with Crippen molar-refractivity contribution in [3.63, 3.8) is 0 Å². The lowest BCUT2D eigenvalue weighted by Crippen LogP contribution is -2.23. The Morgan fingerprint density at radius 2 is 1.91 bits per heavy atom. The molecule has 0 bridgehead atoms. The second-order valence-corrected chi connectivity index (χ2v) is 9.29. The van der Waals surface area contributed by atoms with E-state index in [1.165, 1.54) is 0 Å². The summed E-state index contributed by atoms with van der Waals surface area (Å²) in [5.41, 5.74) is 3.55. The summed E-state index contributed by atoms with van der Waals surface area (Å²) in [5.74, 6) is 1.43. The Morgan fingerprint density at radius 3 is 2.58 bits per heavy atom. The first-order chi connectivity index (χ1) is 16.0. The molecule has 3 heterocycles. The van der Waals surface area contributed by atoms with Gasteiger partial charge in [-0.2, -0.15) is 0 Å². The highest BCUT2D eigenvalue weighted by Crippen LogP contribution is 2.27. The van der Waals surface area contributed by atoms with E-state index in [4.69, 9.17) is 4.98 Å². The van der Waals surface area contributed by atoms with Crippen LogP contribution in [0.5, 0.6) is 0 Å². The lowest BCUT2D eigenvalue weighted by atomic mass is 10.1. The van der Waals surface area contributed by atoms with Crippen molar-refractivity contribution in [3.8, 4) is 11.3 Å². The normalized spacial score (nSPS) is 14.4. The number of unbranched alkanes of at least 4 members (excludes halogenated alkanes) is 2. The van der Waals surface area contributed by atoms with Crippen LogP contribution in [0.3, 0.4) is 0 Å². The van der Waals surface area contributed by atoms with Crippen LogP contribution in [0.4, 0.5) is 5.69 Å². The fourth-order valence-corrected chi connectivity index (χ4v) is 4.36. The van der Waals surface area contributed by atoms with E-state index >= 15 is 0 Å². The SMILES string of the molecule is CCCCCn1c(-c2ccc(N3CCCC3=O)cc2)cn2c(=O)cc(/C=C/CC(C)C)nc12. The molecule has 0 unspecified atom stereocenters. The Balaban J connectivity index is 1.74. The fraction of sp³-hybridized carbons (Fsp3) is 0.444. The molecule has 0 spiro atoms. The van der Waals surface area contributed by atoms with E-state index in [1.54, 1.807) is 10.5 Å². The summed E-state index contributed by atoms with van der Waals surface area (Å²) in [6, 6.07) is 9.69. The Kier molecular flexibility index (Phi) is 7.11. The molecule has 0 aliphatic carbocycles. The molecule has 3 aromatic rings. The highest BCUT2D eigenvalue weighted by Gasteiger charge is 2.22. The molecule has 0 N–H and O–H groups in total. The van der Waals surface area contributed by atoms with Crippen LogP contribution in [0.15, 0.2) is 47.4 Å². The minimum atomic E-state index is -0.0704. The Morgan fingerprint density at radius 1 is 1.12 bits per heavy atom. The van der Waals surface area contributed by atoms with E-state index in [1.807, 2.05) is 41.4 Å². The highest BCUT2D eigenvalue weighted by atomic mass is 16.2. The maximum atomic E-state index is 12.9. The lowest BCUT2D eigenvalue weighted by molar-refractivity contribution is -0.117. The molecule has 1 aromatic carbocycles. The van der Waals surface area contributed by atoms with Crippen LogP contribution >= 0.6 is 0 Å². The second kappa shape index (κ2) is 10.2. The summed E-state index contributed by atoms with van der Waals surface area (Å²) in [4.78, 5) is 31.7. The van der Waals surface area contributed by atoms with Gasteiger partial charge < -0.3 is 9.47 Å². The van der Waals surface area contributed by atoms with E-state index in [2.05, 4.69) is 31.4 Å². The zero-order valence-electron chi connectivity index (χ0n) is 20.0. The van der Waals surface area contributed by atoms with Crippen molar-refractivity contribution < 1.29 is 4.79 Å². The zero-order chi connectivity index (χ0) is 23.4. The van der Waals surface area contributed by atoms with Gasteiger partial charge in [-0.1, -0.05) is 51.8 Å². The number of aromatic nitrogens is 3. The van der Waals surface area contributed by atoms with Gasteiger partial charge >= 0.3 is 0 Å². The monoisotopic (exact) mass is 446 g/mol. The van der Waals surface area contributed by atoms with Gasteiger partial charge in [-0.05, 0) is 49.0 Å². The number of anilines is 1. The van der Waals surface area contributed by atoms with Crippen LogP contribution in [0.2, 0.25) is 0 Å². The Labute approximate surface area is 195 Å². The molecule has 6 heteroatoms. The van der Waals surface area contributed by atoms with Gasteiger partial charge in [-0.15, -0.1) is 0 Å². The molecular weight excluding hydrogens is 412 g/mol. The highest BCUT2D eigenvalue weighted by molar-refractivity contribution is 5.95. The van der Waals surface area contributed by atoms with Crippen molar-refractivity contribution in [2.75, 3.05) is 11.4 Å². The summed E-state index contributed by atoms with van der Waals surface area (Å²) in [5, 5.41) is 0. The minimum absolute atomic E-state index is 0.0704. The van der Waals surface area contributed by atoms with Gasteiger partial charge in [0.15, 0.2) is 0 Å². The fourth-order valence-electron chi connectivity index (χ4n) is 4.36. The molecule has 1 amide bonds. The first-order valence-corrected chi connectivity index (χ1v) is 12.2. The number of allylic oxidation sites excluding steroid dienone is 1. The number of carbonyl (C=O) groups excluding carboxylic acids is 1. The number of benzene rings is 1. The number of aryl methyl sites for hydroxylation is 1. The number of fused-ring (bicyclic) bond motifs is 1. The number of imidazole rings is 1. The summed E-state index contributed by atoms with van der Waals surface area (Å²) in [7, 11) is 0. The maximum Gasteiger partial charge on any atom is 0.259 e. The zero-order valence-corrected chi connectivity index (χ0v) is 20.0. The molecule has 33 heavy (non-hydrogen) atoms. The number of amides is 1. The number of hydrogen-bond donors (Lipinski definition) is 0. The molecule has 174 valence electrons. The minimum Gasteiger partial charge on any atom is -0.312 e.